The third-order valence-corrected chi connectivity index (χ3v) is 3.29. The fourth-order valence-corrected chi connectivity index (χ4v) is 2.09. The Morgan fingerprint density at radius 3 is 2.54 bits per heavy atom. The van der Waals surface area contributed by atoms with Crippen molar-refractivity contribution in [3.8, 4) is 5.75 Å². The number of rotatable bonds is 8. The van der Waals surface area contributed by atoms with Crippen LogP contribution in [0, 0.1) is 0 Å². The van der Waals surface area contributed by atoms with Crippen LogP contribution >= 0.6 is 12.4 Å². The van der Waals surface area contributed by atoms with Crippen LogP contribution in [0.5, 0.6) is 5.75 Å². The number of methoxy groups -OCH3 is 1. The van der Waals surface area contributed by atoms with E-state index >= 15 is 0 Å². The Morgan fingerprint density at radius 2 is 1.83 bits per heavy atom. The van der Waals surface area contributed by atoms with Gasteiger partial charge in [0.1, 0.15) is 18.4 Å². The summed E-state index contributed by atoms with van der Waals surface area (Å²) in [5.74, 6) is 0.606. The molecule has 0 radical (unpaired) electrons. The van der Waals surface area contributed by atoms with Gasteiger partial charge in [0.15, 0.2) is 0 Å². The van der Waals surface area contributed by atoms with E-state index in [0.717, 1.165) is 16.9 Å². The summed E-state index contributed by atoms with van der Waals surface area (Å²) in [7, 11) is 1.52. The van der Waals surface area contributed by atoms with E-state index < -0.39 is 6.04 Å². The largest absolute Gasteiger partial charge is 0.489 e. The van der Waals surface area contributed by atoms with Crippen LogP contribution in [0.2, 0.25) is 0 Å². The molecule has 2 aromatic rings. The van der Waals surface area contributed by atoms with Crippen molar-refractivity contribution in [2.75, 3.05) is 13.7 Å². The number of hydrogen-bond donors (Lipinski definition) is 2. The standard InChI is InChI=1S/C18H22N2O3.ClH/c1-22-13-17(19)18(21)20-11-14-6-5-7-15(10-14)12-23-16-8-3-2-4-9-16;/h2-10,17H,11-13,19H2,1H3,(H,20,21);1H. The molecule has 0 heterocycles. The van der Waals surface area contributed by atoms with Gasteiger partial charge in [-0.1, -0.05) is 42.5 Å². The van der Waals surface area contributed by atoms with Gasteiger partial charge in [0.2, 0.25) is 5.91 Å². The van der Waals surface area contributed by atoms with Crippen LogP contribution in [-0.4, -0.2) is 25.7 Å². The Morgan fingerprint density at radius 1 is 1.12 bits per heavy atom. The van der Waals surface area contributed by atoms with Crippen molar-refractivity contribution in [1.82, 2.24) is 5.32 Å². The quantitative estimate of drug-likeness (QED) is 0.766. The van der Waals surface area contributed by atoms with Crippen LogP contribution in [0.25, 0.3) is 0 Å². The third kappa shape index (κ3) is 6.58. The molecule has 0 spiro atoms. The minimum atomic E-state index is -0.649. The highest BCUT2D eigenvalue weighted by Gasteiger charge is 2.12. The highest BCUT2D eigenvalue weighted by molar-refractivity contribution is 5.85. The Bertz CT molecular complexity index is 623. The lowest BCUT2D eigenvalue weighted by Gasteiger charge is -2.12. The zero-order valence-corrected chi connectivity index (χ0v) is 14.4. The van der Waals surface area contributed by atoms with Gasteiger partial charge in [-0.15, -0.1) is 12.4 Å². The van der Waals surface area contributed by atoms with E-state index in [-0.39, 0.29) is 24.9 Å². The van der Waals surface area contributed by atoms with Gasteiger partial charge in [-0.25, -0.2) is 0 Å². The first-order chi connectivity index (χ1) is 11.2. The predicted octanol–water partition coefficient (Wildman–Crippen LogP) is 2.28. The molecule has 6 heteroatoms. The second kappa shape index (κ2) is 10.6. The minimum Gasteiger partial charge on any atom is -0.489 e. The van der Waals surface area contributed by atoms with Crippen LogP contribution in [0.15, 0.2) is 54.6 Å². The fourth-order valence-electron chi connectivity index (χ4n) is 2.09. The fraction of sp³-hybridized carbons (Fsp3) is 0.278. The summed E-state index contributed by atoms with van der Waals surface area (Å²) >= 11 is 0. The van der Waals surface area contributed by atoms with Crippen molar-refractivity contribution < 1.29 is 14.3 Å². The van der Waals surface area contributed by atoms with Crippen LogP contribution in [0.1, 0.15) is 11.1 Å². The van der Waals surface area contributed by atoms with Crippen molar-refractivity contribution in [3.63, 3.8) is 0 Å². The van der Waals surface area contributed by atoms with E-state index in [1.165, 1.54) is 7.11 Å². The number of hydrogen-bond acceptors (Lipinski definition) is 4. The third-order valence-electron chi connectivity index (χ3n) is 3.29. The monoisotopic (exact) mass is 350 g/mol. The Kier molecular flexibility index (Phi) is 8.86. The van der Waals surface area contributed by atoms with Crippen molar-refractivity contribution in [3.05, 3.63) is 65.7 Å². The van der Waals surface area contributed by atoms with Crippen molar-refractivity contribution in [2.24, 2.45) is 5.73 Å². The summed E-state index contributed by atoms with van der Waals surface area (Å²) in [6, 6.07) is 16.9. The number of ether oxygens (including phenoxy) is 2. The first-order valence-corrected chi connectivity index (χ1v) is 7.47. The van der Waals surface area contributed by atoms with E-state index in [0.29, 0.717) is 13.2 Å². The Hall–Kier alpha value is -2.08. The van der Waals surface area contributed by atoms with Gasteiger partial charge in [-0.05, 0) is 23.3 Å². The molecular formula is C18H23ClN2O3. The maximum Gasteiger partial charge on any atom is 0.239 e. The molecule has 0 fully saturated rings. The highest BCUT2D eigenvalue weighted by Crippen LogP contribution is 2.12. The smallest absolute Gasteiger partial charge is 0.239 e. The maximum atomic E-state index is 11.8. The average Bonchev–Trinajstić information content (AvgIpc) is 2.59. The number of amides is 1. The zero-order chi connectivity index (χ0) is 16.5. The first kappa shape index (κ1) is 20.0. The second-order valence-electron chi connectivity index (χ2n) is 5.20. The zero-order valence-electron chi connectivity index (χ0n) is 13.6. The lowest BCUT2D eigenvalue weighted by Crippen LogP contribution is -2.43. The van der Waals surface area contributed by atoms with Gasteiger partial charge in [-0.2, -0.15) is 0 Å². The summed E-state index contributed by atoms with van der Waals surface area (Å²) < 4.78 is 10.6. The number of nitrogens with two attached hydrogens (primary N) is 1. The van der Waals surface area contributed by atoms with E-state index in [1.54, 1.807) is 0 Å². The number of halogens is 1. The molecule has 3 N–H and O–H groups in total. The predicted molar refractivity (Wildman–Crippen MR) is 96.2 cm³/mol. The van der Waals surface area contributed by atoms with Gasteiger partial charge in [0.25, 0.3) is 0 Å². The first-order valence-electron chi connectivity index (χ1n) is 7.47. The molecular weight excluding hydrogens is 328 g/mol. The second-order valence-corrected chi connectivity index (χ2v) is 5.20. The molecule has 0 saturated heterocycles. The number of nitrogens with one attached hydrogen (secondary N) is 1. The number of carbonyl (C=O) groups is 1. The van der Waals surface area contributed by atoms with E-state index in [4.69, 9.17) is 15.2 Å². The van der Waals surface area contributed by atoms with Crippen LogP contribution < -0.4 is 15.8 Å². The summed E-state index contributed by atoms with van der Waals surface area (Å²) in [6.07, 6.45) is 0. The van der Waals surface area contributed by atoms with Gasteiger partial charge in [0, 0.05) is 13.7 Å². The molecule has 0 saturated carbocycles. The summed E-state index contributed by atoms with van der Waals surface area (Å²) in [4.78, 5) is 11.8. The highest BCUT2D eigenvalue weighted by atomic mass is 35.5. The van der Waals surface area contributed by atoms with Crippen LogP contribution in [0.4, 0.5) is 0 Å². The summed E-state index contributed by atoms with van der Waals surface area (Å²) in [6.45, 7) is 1.11. The van der Waals surface area contributed by atoms with Gasteiger partial charge >= 0.3 is 0 Å². The molecule has 1 atom stereocenters. The molecule has 130 valence electrons. The molecule has 2 rings (SSSR count). The summed E-state index contributed by atoms with van der Waals surface area (Å²) in [5, 5.41) is 2.80. The van der Waals surface area contributed by atoms with Crippen molar-refractivity contribution >= 4 is 18.3 Å². The molecule has 0 aliphatic heterocycles. The van der Waals surface area contributed by atoms with Crippen LogP contribution in [-0.2, 0) is 22.7 Å². The van der Waals surface area contributed by atoms with Crippen LogP contribution in [0.3, 0.4) is 0 Å². The molecule has 0 aliphatic rings. The normalized spacial score (nSPS) is 11.2. The number of carbonyl (C=O) groups excluding carboxylic acids is 1. The van der Waals surface area contributed by atoms with E-state index in [1.807, 2.05) is 54.6 Å². The number of benzene rings is 2. The molecule has 0 aliphatic carbocycles. The molecule has 5 nitrogen and oxygen atoms in total. The molecule has 0 aromatic heterocycles. The Balaban J connectivity index is 0.00000288. The van der Waals surface area contributed by atoms with Crippen molar-refractivity contribution in [1.29, 1.82) is 0 Å². The molecule has 2 aromatic carbocycles. The number of para-hydroxylation sites is 1. The van der Waals surface area contributed by atoms with Gasteiger partial charge in [0.05, 0.1) is 6.61 Å². The SMILES string of the molecule is COCC(N)C(=O)NCc1cccc(COc2ccccc2)c1.Cl. The lowest BCUT2D eigenvalue weighted by atomic mass is 10.1. The molecule has 24 heavy (non-hydrogen) atoms. The molecule has 0 bridgehead atoms. The maximum absolute atomic E-state index is 11.8. The van der Waals surface area contributed by atoms with Gasteiger partial charge in [-0.3, -0.25) is 4.79 Å². The average molecular weight is 351 g/mol. The van der Waals surface area contributed by atoms with Gasteiger partial charge < -0.3 is 20.5 Å². The summed E-state index contributed by atoms with van der Waals surface area (Å²) in [5.41, 5.74) is 7.72. The molecule has 1 unspecified atom stereocenters. The van der Waals surface area contributed by atoms with E-state index in [9.17, 15) is 4.79 Å². The molecule has 1 amide bonds. The van der Waals surface area contributed by atoms with Crippen molar-refractivity contribution in [2.45, 2.75) is 19.2 Å². The topological polar surface area (TPSA) is 73.6 Å². The lowest BCUT2D eigenvalue weighted by molar-refractivity contribution is -0.123. The Labute approximate surface area is 148 Å². The minimum absolute atomic E-state index is 0. The van der Waals surface area contributed by atoms with E-state index in [2.05, 4.69) is 5.32 Å².